The predicted molar refractivity (Wildman–Crippen MR) is 123 cm³/mol. The second-order valence-corrected chi connectivity index (χ2v) is 7.96. The van der Waals surface area contributed by atoms with Gasteiger partial charge in [-0.1, -0.05) is 17.7 Å². The van der Waals surface area contributed by atoms with E-state index in [1.165, 1.54) is 35.6 Å². The van der Waals surface area contributed by atoms with E-state index in [2.05, 4.69) is 16.4 Å². The minimum atomic E-state index is -0.612. The monoisotopic (exact) mass is 444 g/mol. The number of rotatable bonds is 5. The lowest BCUT2D eigenvalue weighted by molar-refractivity contribution is -0.384. The molecule has 0 fully saturated rings. The third kappa shape index (κ3) is 4.12. The van der Waals surface area contributed by atoms with Gasteiger partial charge in [-0.2, -0.15) is 5.26 Å². The van der Waals surface area contributed by atoms with Gasteiger partial charge in [-0.05, 0) is 37.6 Å². The summed E-state index contributed by atoms with van der Waals surface area (Å²) in [4.78, 5) is 27.4. The van der Waals surface area contributed by atoms with Crippen LogP contribution >= 0.6 is 11.3 Å². The maximum absolute atomic E-state index is 12.4. The van der Waals surface area contributed by atoms with Crippen LogP contribution in [0.1, 0.15) is 16.1 Å². The number of aryl methyl sites for hydroxylation is 2. The number of benzene rings is 2. The Labute approximate surface area is 186 Å². The van der Waals surface area contributed by atoms with E-state index in [4.69, 9.17) is 4.42 Å². The highest BCUT2D eigenvalue weighted by molar-refractivity contribution is 7.11. The summed E-state index contributed by atoms with van der Waals surface area (Å²) in [7, 11) is 0. The summed E-state index contributed by atoms with van der Waals surface area (Å²) in [6.45, 7) is 3.98. The fourth-order valence-electron chi connectivity index (χ4n) is 3.19. The lowest BCUT2D eigenvalue weighted by atomic mass is 10.1. The summed E-state index contributed by atoms with van der Waals surface area (Å²) in [5, 5.41) is 26.2. The predicted octanol–water partition coefficient (Wildman–Crippen LogP) is 5.42. The van der Waals surface area contributed by atoms with Crippen LogP contribution in [0.25, 0.3) is 27.8 Å². The number of non-ortho nitro benzene ring substituents is 1. The largest absolute Gasteiger partial charge is 0.422 e. The van der Waals surface area contributed by atoms with Crippen molar-refractivity contribution in [2.45, 2.75) is 13.8 Å². The third-order valence-electron chi connectivity index (χ3n) is 4.81. The van der Waals surface area contributed by atoms with Crippen molar-refractivity contribution in [3.8, 4) is 17.3 Å². The van der Waals surface area contributed by atoms with Gasteiger partial charge in [0.1, 0.15) is 22.2 Å². The van der Waals surface area contributed by atoms with Gasteiger partial charge >= 0.3 is 5.63 Å². The summed E-state index contributed by atoms with van der Waals surface area (Å²) in [6.07, 6.45) is 1.58. The molecule has 2 heterocycles. The number of hydrogen-bond donors (Lipinski definition) is 1. The van der Waals surface area contributed by atoms with E-state index >= 15 is 0 Å². The summed E-state index contributed by atoms with van der Waals surface area (Å²) < 4.78 is 5.30. The molecule has 1 N–H and O–H groups in total. The van der Waals surface area contributed by atoms with Crippen molar-refractivity contribution >= 4 is 39.3 Å². The van der Waals surface area contributed by atoms with E-state index in [0.29, 0.717) is 21.7 Å². The number of nitriles is 1. The zero-order valence-electron chi connectivity index (χ0n) is 17.1. The molecule has 0 aliphatic heterocycles. The van der Waals surface area contributed by atoms with Crippen molar-refractivity contribution in [1.29, 1.82) is 5.26 Å². The lowest BCUT2D eigenvalue weighted by Crippen LogP contribution is -2.03. The van der Waals surface area contributed by atoms with Gasteiger partial charge in [0, 0.05) is 34.8 Å². The Morgan fingerprint density at radius 3 is 2.78 bits per heavy atom. The van der Waals surface area contributed by atoms with E-state index in [9.17, 15) is 20.2 Å². The Morgan fingerprint density at radius 2 is 2.06 bits per heavy atom. The van der Waals surface area contributed by atoms with E-state index in [1.54, 1.807) is 11.6 Å². The first-order valence-corrected chi connectivity index (χ1v) is 10.4. The number of anilines is 1. The molecule has 4 aromatic rings. The van der Waals surface area contributed by atoms with Crippen molar-refractivity contribution in [2.75, 3.05) is 5.32 Å². The minimum absolute atomic E-state index is 0.108. The minimum Gasteiger partial charge on any atom is -0.422 e. The summed E-state index contributed by atoms with van der Waals surface area (Å²) >= 11 is 1.21. The molecule has 8 nitrogen and oxygen atoms in total. The van der Waals surface area contributed by atoms with Gasteiger partial charge in [0.25, 0.3) is 5.69 Å². The Balaban J connectivity index is 1.68. The van der Waals surface area contributed by atoms with Crippen LogP contribution in [0.2, 0.25) is 0 Å². The molecule has 0 aliphatic rings. The number of allylic oxidation sites excluding steroid dienone is 1. The van der Waals surface area contributed by atoms with E-state index in [-0.39, 0.29) is 16.8 Å². The Bertz CT molecular complexity index is 1490. The lowest BCUT2D eigenvalue weighted by Gasteiger charge is -2.06. The summed E-state index contributed by atoms with van der Waals surface area (Å²) in [5.41, 5.74) is 3.39. The zero-order chi connectivity index (χ0) is 22.8. The number of nitro groups is 1. The number of nitrogens with one attached hydrogen (secondary N) is 1. The van der Waals surface area contributed by atoms with Crippen LogP contribution in [0.15, 0.2) is 63.3 Å². The first kappa shape index (κ1) is 21.0. The van der Waals surface area contributed by atoms with Gasteiger partial charge < -0.3 is 9.73 Å². The molecule has 0 aliphatic carbocycles. The molecule has 2 aromatic carbocycles. The number of nitro benzene ring substituents is 1. The van der Waals surface area contributed by atoms with Crippen LogP contribution in [-0.4, -0.2) is 9.91 Å². The average molecular weight is 444 g/mol. The molecule has 0 saturated heterocycles. The maximum atomic E-state index is 12.4. The molecule has 158 valence electrons. The fourth-order valence-corrected chi connectivity index (χ4v) is 3.98. The highest BCUT2D eigenvalue weighted by Gasteiger charge is 2.15. The molecule has 0 unspecified atom stereocenters. The van der Waals surface area contributed by atoms with Gasteiger partial charge in [0.2, 0.25) is 0 Å². The first-order valence-electron chi connectivity index (χ1n) is 9.48. The van der Waals surface area contributed by atoms with E-state index < -0.39 is 10.5 Å². The van der Waals surface area contributed by atoms with E-state index in [1.807, 2.05) is 32.0 Å². The average Bonchev–Trinajstić information content (AvgIpc) is 3.24. The van der Waals surface area contributed by atoms with Crippen molar-refractivity contribution in [3.63, 3.8) is 0 Å². The standard InChI is InChI=1S/C23H16N4O4S/c1-13-3-5-19(14(2)7-13)25-11-16(10-24)22-26-20(12-32-22)18-9-15-8-17(27(29)30)4-6-21(15)31-23(18)28/h3-9,11-12,25H,1-2H3/b16-11+. The van der Waals surface area contributed by atoms with Crippen molar-refractivity contribution in [3.05, 3.63) is 90.7 Å². The highest BCUT2D eigenvalue weighted by atomic mass is 32.1. The SMILES string of the molecule is Cc1ccc(N/C=C(\C#N)c2nc(-c3cc4cc([N+](=O)[O-])ccc4oc3=O)cs2)c(C)c1. The topological polar surface area (TPSA) is 122 Å². The molecule has 0 saturated carbocycles. The molecule has 32 heavy (non-hydrogen) atoms. The molecule has 0 bridgehead atoms. The fraction of sp³-hybridized carbons (Fsp3) is 0.0870. The number of nitrogens with zero attached hydrogens (tertiary/aromatic N) is 3. The molecule has 0 atom stereocenters. The second kappa shape index (κ2) is 8.45. The van der Waals surface area contributed by atoms with Gasteiger partial charge in [0.05, 0.1) is 16.2 Å². The molecule has 0 amide bonds. The van der Waals surface area contributed by atoms with Crippen LogP contribution in [0.3, 0.4) is 0 Å². The molecule has 4 rings (SSSR count). The Kier molecular flexibility index (Phi) is 5.54. The van der Waals surface area contributed by atoms with Gasteiger partial charge in [-0.15, -0.1) is 11.3 Å². The van der Waals surface area contributed by atoms with Gasteiger partial charge in [-0.25, -0.2) is 9.78 Å². The molecule has 0 spiro atoms. The first-order chi connectivity index (χ1) is 15.4. The molecule has 0 radical (unpaired) electrons. The summed E-state index contributed by atoms with van der Waals surface area (Å²) in [5.74, 6) is 0. The second-order valence-electron chi connectivity index (χ2n) is 7.10. The van der Waals surface area contributed by atoms with Crippen molar-refractivity contribution in [1.82, 2.24) is 4.98 Å². The van der Waals surface area contributed by atoms with Crippen LogP contribution in [0.5, 0.6) is 0 Å². The quantitative estimate of drug-likeness (QED) is 0.189. The number of fused-ring (bicyclic) bond motifs is 1. The van der Waals surface area contributed by atoms with Crippen molar-refractivity contribution < 1.29 is 9.34 Å². The normalized spacial score (nSPS) is 11.3. The number of aromatic nitrogens is 1. The van der Waals surface area contributed by atoms with Gasteiger partial charge in [-0.3, -0.25) is 10.1 Å². The van der Waals surface area contributed by atoms with Crippen LogP contribution < -0.4 is 10.9 Å². The molecular formula is C23H16N4O4S. The van der Waals surface area contributed by atoms with Crippen LogP contribution in [0.4, 0.5) is 11.4 Å². The molecule has 2 aromatic heterocycles. The molecule has 9 heteroatoms. The van der Waals surface area contributed by atoms with Gasteiger partial charge in [0.15, 0.2) is 0 Å². The summed E-state index contributed by atoms with van der Waals surface area (Å²) in [6, 6.07) is 13.6. The van der Waals surface area contributed by atoms with Crippen LogP contribution in [0, 0.1) is 35.3 Å². The smallest absolute Gasteiger partial charge is 0.345 e. The third-order valence-corrected chi connectivity index (χ3v) is 5.69. The van der Waals surface area contributed by atoms with Crippen molar-refractivity contribution in [2.24, 2.45) is 0 Å². The Hall–Kier alpha value is -4.29. The zero-order valence-corrected chi connectivity index (χ0v) is 17.9. The molecular weight excluding hydrogens is 428 g/mol. The van der Waals surface area contributed by atoms with E-state index in [0.717, 1.165) is 16.8 Å². The number of thiazole rings is 1. The Morgan fingerprint density at radius 1 is 1.25 bits per heavy atom. The van der Waals surface area contributed by atoms with Crippen LogP contribution in [-0.2, 0) is 0 Å². The highest BCUT2D eigenvalue weighted by Crippen LogP contribution is 2.28. The number of hydrogen-bond acceptors (Lipinski definition) is 8. The maximum Gasteiger partial charge on any atom is 0.345 e.